The maximum atomic E-state index is 12.8. The van der Waals surface area contributed by atoms with Gasteiger partial charge in [0.2, 0.25) is 0 Å². The van der Waals surface area contributed by atoms with E-state index in [4.69, 9.17) is 4.74 Å². The van der Waals surface area contributed by atoms with Crippen molar-refractivity contribution < 1.29 is 9.13 Å². The SMILES string of the molecule is C=C(OCC)c1[nH]ccc1F. The minimum absolute atomic E-state index is 0.326. The molecule has 11 heavy (non-hydrogen) atoms. The summed E-state index contributed by atoms with van der Waals surface area (Å²) in [6.45, 7) is 5.88. The second-order valence-electron chi connectivity index (χ2n) is 2.06. The van der Waals surface area contributed by atoms with E-state index in [-0.39, 0.29) is 5.82 Å². The van der Waals surface area contributed by atoms with E-state index in [1.54, 1.807) is 0 Å². The summed E-state index contributed by atoms with van der Waals surface area (Å²) in [5.74, 6) is 0.0125. The summed E-state index contributed by atoms with van der Waals surface area (Å²) in [7, 11) is 0. The van der Waals surface area contributed by atoms with Crippen molar-refractivity contribution in [2.75, 3.05) is 6.61 Å². The summed E-state index contributed by atoms with van der Waals surface area (Å²) in [6, 6.07) is 1.33. The molecule has 0 amide bonds. The van der Waals surface area contributed by atoms with Crippen LogP contribution < -0.4 is 0 Å². The van der Waals surface area contributed by atoms with Crippen LogP contribution in [0.3, 0.4) is 0 Å². The lowest BCUT2D eigenvalue weighted by Gasteiger charge is -2.03. The average molecular weight is 155 g/mol. The molecular formula is C8H10FNO. The maximum absolute atomic E-state index is 12.8. The zero-order valence-electron chi connectivity index (χ0n) is 6.36. The van der Waals surface area contributed by atoms with Crippen LogP contribution in [0.4, 0.5) is 4.39 Å². The zero-order chi connectivity index (χ0) is 8.27. The highest BCUT2D eigenvalue weighted by Crippen LogP contribution is 2.14. The molecule has 0 saturated heterocycles. The van der Waals surface area contributed by atoms with Crippen molar-refractivity contribution in [1.82, 2.24) is 4.98 Å². The van der Waals surface area contributed by atoms with Gasteiger partial charge in [0.25, 0.3) is 0 Å². The molecule has 0 aromatic carbocycles. The largest absolute Gasteiger partial charge is 0.492 e. The highest BCUT2D eigenvalue weighted by atomic mass is 19.1. The van der Waals surface area contributed by atoms with Crippen LogP contribution in [0.1, 0.15) is 12.6 Å². The van der Waals surface area contributed by atoms with Gasteiger partial charge >= 0.3 is 0 Å². The third-order valence-corrected chi connectivity index (χ3v) is 1.29. The Balaban J connectivity index is 2.76. The van der Waals surface area contributed by atoms with Crippen molar-refractivity contribution >= 4 is 5.76 Å². The molecule has 0 aliphatic carbocycles. The van der Waals surface area contributed by atoms with Crippen molar-refractivity contribution in [3.05, 3.63) is 30.4 Å². The van der Waals surface area contributed by atoms with E-state index in [0.717, 1.165) is 0 Å². The molecule has 1 aromatic rings. The number of aromatic nitrogens is 1. The standard InChI is InChI=1S/C8H10FNO/c1-3-11-6(2)8-7(9)4-5-10-8/h4-5,10H,2-3H2,1H3. The Bertz CT molecular complexity index is 254. The van der Waals surface area contributed by atoms with Crippen molar-refractivity contribution in [2.45, 2.75) is 6.92 Å². The van der Waals surface area contributed by atoms with Gasteiger partial charge in [-0.25, -0.2) is 4.39 Å². The predicted molar refractivity (Wildman–Crippen MR) is 41.4 cm³/mol. The molecule has 0 saturated carbocycles. The van der Waals surface area contributed by atoms with Crippen LogP contribution >= 0.6 is 0 Å². The fourth-order valence-electron chi connectivity index (χ4n) is 0.811. The summed E-state index contributed by atoms with van der Waals surface area (Å²) in [5.41, 5.74) is 0.326. The summed E-state index contributed by atoms with van der Waals surface area (Å²) in [4.78, 5) is 2.69. The average Bonchev–Trinajstić information content (AvgIpc) is 2.36. The second-order valence-corrected chi connectivity index (χ2v) is 2.06. The van der Waals surface area contributed by atoms with E-state index in [2.05, 4.69) is 11.6 Å². The van der Waals surface area contributed by atoms with E-state index in [0.29, 0.717) is 18.1 Å². The van der Waals surface area contributed by atoms with Gasteiger partial charge < -0.3 is 9.72 Å². The number of hydrogen-bond donors (Lipinski definition) is 1. The number of ether oxygens (including phenoxy) is 1. The van der Waals surface area contributed by atoms with Gasteiger partial charge in [0, 0.05) is 6.20 Å². The molecule has 1 rings (SSSR count). The van der Waals surface area contributed by atoms with E-state index >= 15 is 0 Å². The predicted octanol–water partition coefficient (Wildman–Crippen LogP) is 2.16. The molecule has 0 atom stereocenters. The van der Waals surface area contributed by atoms with Crippen LogP contribution in [0.15, 0.2) is 18.8 Å². The molecule has 1 heterocycles. The first-order valence-corrected chi connectivity index (χ1v) is 3.40. The lowest BCUT2D eigenvalue weighted by Crippen LogP contribution is -1.91. The van der Waals surface area contributed by atoms with Crippen LogP contribution in [-0.4, -0.2) is 11.6 Å². The normalized spacial score (nSPS) is 9.64. The molecule has 0 bridgehead atoms. The first-order valence-electron chi connectivity index (χ1n) is 3.40. The Kier molecular flexibility index (Phi) is 2.31. The minimum Gasteiger partial charge on any atom is -0.492 e. The topological polar surface area (TPSA) is 25.0 Å². The summed E-state index contributed by atoms with van der Waals surface area (Å²) >= 11 is 0. The number of H-pyrrole nitrogens is 1. The molecule has 0 spiro atoms. The number of rotatable bonds is 3. The van der Waals surface area contributed by atoms with E-state index < -0.39 is 0 Å². The molecule has 0 unspecified atom stereocenters. The molecular weight excluding hydrogens is 145 g/mol. The summed E-state index contributed by atoms with van der Waals surface area (Å²) in [5, 5.41) is 0. The fourth-order valence-corrected chi connectivity index (χ4v) is 0.811. The lowest BCUT2D eigenvalue weighted by molar-refractivity contribution is 0.296. The molecule has 0 aliphatic heterocycles. The smallest absolute Gasteiger partial charge is 0.151 e. The zero-order valence-corrected chi connectivity index (χ0v) is 6.36. The molecule has 2 nitrogen and oxygen atoms in total. The quantitative estimate of drug-likeness (QED) is 0.665. The van der Waals surface area contributed by atoms with Gasteiger partial charge in [0.1, 0.15) is 11.5 Å². The van der Waals surface area contributed by atoms with Gasteiger partial charge in [-0.1, -0.05) is 6.58 Å². The summed E-state index contributed by atoms with van der Waals surface area (Å²) in [6.07, 6.45) is 1.51. The van der Waals surface area contributed by atoms with Gasteiger partial charge in [-0.05, 0) is 13.0 Å². The van der Waals surface area contributed by atoms with Crippen LogP contribution in [-0.2, 0) is 4.74 Å². The molecule has 1 aromatic heterocycles. The lowest BCUT2D eigenvalue weighted by atomic mass is 10.4. The van der Waals surface area contributed by atoms with Gasteiger partial charge in [-0.15, -0.1) is 0 Å². The van der Waals surface area contributed by atoms with Crippen LogP contribution in [0.25, 0.3) is 5.76 Å². The maximum Gasteiger partial charge on any atom is 0.151 e. The van der Waals surface area contributed by atoms with Gasteiger partial charge in [-0.2, -0.15) is 0 Å². The molecule has 0 fully saturated rings. The van der Waals surface area contributed by atoms with Gasteiger partial charge in [0.15, 0.2) is 5.82 Å². The molecule has 1 N–H and O–H groups in total. The Morgan fingerprint density at radius 2 is 2.55 bits per heavy atom. The minimum atomic E-state index is -0.330. The Morgan fingerprint density at radius 3 is 3.00 bits per heavy atom. The number of hydrogen-bond acceptors (Lipinski definition) is 1. The Hall–Kier alpha value is -1.25. The van der Waals surface area contributed by atoms with Crippen LogP contribution in [0.2, 0.25) is 0 Å². The van der Waals surface area contributed by atoms with Crippen LogP contribution in [0, 0.1) is 5.82 Å². The monoisotopic (exact) mass is 155 g/mol. The molecule has 0 aliphatic rings. The van der Waals surface area contributed by atoms with Crippen LogP contribution in [0.5, 0.6) is 0 Å². The Morgan fingerprint density at radius 1 is 1.82 bits per heavy atom. The number of aromatic amines is 1. The second kappa shape index (κ2) is 3.23. The first-order chi connectivity index (χ1) is 5.25. The highest BCUT2D eigenvalue weighted by Gasteiger charge is 2.06. The van der Waals surface area contributed by atoms with E-state index in [9.17, 15) is 4.39 Å². The van der Waals surface area contributed by atoms with E-state index in [1.807, 2.05) is 6.92 Å². The molecule has 60 valence electrons. The molecule has 3 heteroatoms. The van der Waals surface area contributed by atoms with Gasteiger partial charge in [0.05, 0.1) is 6.61 Å². The molecule has 0 radical (unpaired) electrons. The van der Waals surface area contributed by atoms with Crippen molar-refractivity contribution in [3.63, 3.8) is 0 Å². The van der Waals surface area contributed by atoms with Crippen molar-refractivity contribution in [2.24, 2.45) is 0 Å². The fraction of sp³-hybridized carbons (Fsp3) is 0.250. The first kappa shape index (κ1) is 7.85. The highest BCUT2D eigenvalue weighted by molar-refractivity contribution is 5.53. The van der Waals surface area contributed by atoms with E-state index in [1.165, 1.54) is 12.3 Å². The Labute approximate surface area is 64.7 Å². The van der Waals surface area contributed by atoms with Gasteiger partial charge in [-0.3, -0.25) is 0 Å². The van der Waals surface area contributed by atoms with Crippen molar-refractivity contribution in [3.8, 4) is 0 Å². The van der Waals surface area contributed by atoms with Crippen molar-refractivity contribution in [1.29, 1.82) is 0 Å². The third-order valence-electron chi connectivity index (χ3n) is 1.29. The summed E-state index contributed by atoms with van der Waals surface area (Å²) < 4.78 is 17.8. The number of nitrogens with one attached hydrogen (secondary N) is 1. The number of halogens is 1. The third kappa shape index (κ3) is 1.61.